The van der Waals surface area contributed by atoms with E-state index in [-0.39, 0.29) is 0 Å². The number of piperazine rings is 1. The molecule has 1 rings (SSSR count). The molecule has 0 aromatic carbocycles. The van der Waals surface area contributed by atoms with Crippen LogP contribution in [0.25, 0.3) is 0 Å². The Labute approximate surface area is 96.1 Å². The number of rotatable bonds is 4. The molecule has 0 radical (unpaired) electrons. The van der Waals surface area contributed by atoms with Gasteiger partial charge in [-0.2, -0.15) is 0 Å². The molecule has 1 aliphatic rings. The molecule has 0 saturated carbocycles. The fourth-order valence-corrected chi connectivity index (χ4v) is 2.13. The van der Waals surface area contributed by atoms with Crippen LogP contribution in [0.3, 0.4) is 0 Å². The zero-order valence-corrected chi connectivity index (χ0v) is 10.9. The molecule has 0 unspecified atom stereocenters. The van der Waals surface area contributed by atoms with Gasteiger partial charge in [-0.1, -0.05) is 27.6 Å². The molecule has 14 heavy (non-hydrogen) atoms. The minimum atomic E-state index is 1.10. The van der Waals surface area contributed by atoms with Crippen molar-refractivity contribution in [3.63, 3.8) is 0 Å². The molecule has 82 valence electrons. The van der Waals surface area contributed by atoms with Crippen molar-refractivity contribution < 1.29 is 0 Å². The second kappa shape index (κ2) is 6.59. The second-order valence-electron chi connectivity index (χ2n) is 4.11. The van der Waals surface area contributed by atoms with Crippen LogP contribution in [0, 0.1) is 0 Å². The molecular formula is C11H21BrN2. The monoisotopic (exact) mass is 260 g/mol. The van der Waals surface area contributed by atoms with E-state index >= 15 is 0 Å². The van der Waals surface area contributed by atoms with Crippen LogP contribution >= 0.6 is 15.9 Å². The van der Waals surface area contributed by atoms with Gasteiger partial charge in [0.15, 0.2) is 0 Å². The number of allylic oxidation sites excluding steroid dienone is 1. The van der Waals surface area contributed by atoms with E-state index < -0.39 is 0 Å². The summed E-state index contributed by atoms with van der Waals surface area (Å²) in [7, 11) is 0. The zero-order chi connectivity index (χ0) is 10.4. The smallest absolute Gasteiger partial charge is 0.0166 e. The lowest BCUT2D eigenvalue weighted by atomic mass is 10.2. The van der Waals surface area contributed by atoms with Gasteiger partial charge in [0, 0.05) is 44.6 Å². The molecule has 3 heteroatoms. The first-order valence-corrected chi connectivity index (χ1v) is 6.48. The molecule has 0 atom stereocenters. The molecule has 0 aromatic rings. The SMILES string of the molecule is CC(C)=CCN1CCN(CCBr)CC1. The van der Waals surface area contributed by atoms with Crippen molar-refractivity contribution in [3.05, 3.63) is 11.6 Å². The molecular weight excluding hydrogens is 240 g/mol. The first kappa shape index (κ1) is 12.2. The Morgan fingerprint density at radius 2 is 1.71 bits per heavy atom. The molecule has 1 fully saturated rings. The van der Waals surface area contributed by atoms with E-state index in [0.29, 0.717) is 0 Å². The summed E-state index contributed by atoms with van der Waals surface area (Å²) in [5.41, 5.74) is 1.42. The van der Waals surface area contributed by atoms with Crippen molar-refractivity contribution in [2.75, 3.05) is 44.6 Å². The Hall–Kier alpha value is 0.140. The number of nitrogens with zero attached hydrogens (tertiary/aromatic N) is 2. The Balaban J connectivity index is 2.19. The zero-order valence-electron chi connectivity index (χ0n) is 9.30. The van der Waals surface area contributed by atoms with E-state index in [0.717, 1.165) is 11.9 Å². The van der Waals surface area contributed by atoms with Crippen LogP contribution in [0.4, 0.5) is 0 Å². The first-order valence-electron chi connectivity index (χ1n) is 5.36. The highest BCUT2D eigenvalue weighted by Crippen LogP contribution is 2.02. The second-order valence-corrected chi connectivity index (χ2v) is 4.91. The quantitative estimate of drug-likeness (QED) is 0.564. The molecule has 0 spiro atoms. The number of hydrogen-bond donors (Lipinski definition) is 0. The lowest BCUT2D eigenvalue weighted by molar-refractivity contribution is 0.149. The van der Waals surface area contributed by atoms with Crippen molar-refractivity contribution in [1.82, 2.24) is 9.80 Å². The molecule has 0 aromatic heterocycles. The van der Waals surface area contributed by atoms with E-state index in [4.69, 9.17) is 0 Å². The van der Waals surface area contributed by atoms with Crippen LogP contribution in [-0.2, 0) is 0 Å². The molecule has 0 amide bonds. The van der Waals surface area contributed by atoms with Crippen molar-refractivity contribution in [1.29, 1.82) is 0 Å². The van der Waals surface area contributed by atoms with Gasteiger partial charge in [0.05, 0.1) is 0 Å². The third kappa shape index (κ3) is 4.58. The van der Waals surface area contributed by atoms with Gasteiger partial charge in [-0.25, -0.2) is 0 Å². The summed E-state index contributed by atoms with van der Waals surface area (Å²) in [6.07, 6.45) is 2.32. The molecule has 1 heterocycles. The fourth-order valence-electron chi connectivity index (χ4n) is 1.63. The molecule has 0 aliphatic carbocycles. The maximum Gasteiger partial charge on any atom is 0.0166 e. The third-order valence-electron chi connectivity index (χ3n) is 2.62. The number of hydrogen-bond acceptors (Lipinski definition) is 2. The highest BCUT2D eigenvalue weighted by Gasteiger charge is 2.14. The maximum absolute atomic E-state index is 3.49. The van der Waals surface area contributed by atoms with E-state index in [1.165, 1.54) is 38.3 Å². The summed E-state index contributed by atoms with van der Waals surface area (Å²) in [6, 6.07) is 0. The summed E-state index contributed by atoms with van der Waals surface area (Å²) in [4.78, 5) is 5.05. The van der Waals surface area contributed by atoms with Crippen LogP contribution in [0.1, 0.15) is 13.8 Å². The molecule has 0 N–H and O–H groups in total. The normalized spacial score (nSPS) is 19.6. The average molecular weight is 261 g/mol. The lowest BCUT2D eigenvalue weighted by Gasteiger charge is -2.33. The van der Waals surface area contributed by atoms with E-state index in [9.17, 15) is 0 Å². The predicted molar refractivity (Wildman–Crippen MR) is 66.1 cm³/mol. The highest BCUT2D eigenvalue weighted by molar-refractivity contribution is 9.09. The van der Waals surface area contributed by atoms with Gasteiger partial charge in [-0.15, -0.1) is 0 Å². The standard InChI is InChI=1S/C11H21BrN2/c1-11(2)3-5-13-7-9-14(6-4-12)10-8-13/h3H,4-10H2,1-2H3. The highest BCUT2D eigenvalue weighted by atomic mass is 79.9. The van der Waals surface area contributed by atoms with Gasteiger partial charge in [-0.05, 0) is 13.8 Å². The number of alkyl halides is 1. The van der Waals surface area contributed by atoms with E-state index in [1.807, 2.05) is 0 Å². The van der Waals surface area contributed by atoms with Crippen LogP contribution in [0.5, 0.6) is 0 Å². The van der Waals surface area contributed by atoms with Crippen molar-refractivity contribution in [2.45, 2.75) is 13.8 Å². The van der Waals surface area contributed by atoms with Crippen molar-refractivity contribution in [2.24, 2.45) is 0 Å². The first-order chi connectivity index (χ1) is 6.72. The third-order valence-corrected chi connectivity index (χ3v) is 2.98. The van der Waals surface area contributed by atoms with Crippen LogP contribution in [-0.4, -0.2) is 54.4 Å². The van der Waals surface area contributed by atoms with Gasteiger partial charge in [0.2, 0.25) is 0 Å². The average Bonchev–Trinajstić information content (AvgIpc) is 2.17. The summed E-state index contributed by atoms with van der Waals surface area (Å²) < 4.78 is 0. The molecule has 2 nitrogen and oxygen atoms in total. The largest absolute Gasteiger partial charge is 0.300 e. The van der Waals surface area contributed by atoms with Gasteiger partial charge in [0.1, 0.15) is 0 Å². The van der Waals surface area contributed by atoms with Crippen LogP contribution in [0.15, 0.2) is 11.6 Å². The molecule has 0 bridgehead atoms. The van der Waals surface area contributed by atoms with Gasteiger partial charge in [-0.3, -0.25) is 9.80 Å². The summed E-state index contributed by atoms with van der Waals surface area (Å²) in [5, 5.41) is 1.10. The fraction of sp³-hybridized carbons (Fsp3) is 0.818. The Kier molecular flexibility index (Phi) is 5.75. The Morgan fingerprint density at radius 1 is 1.14 bits per heavy atom. The van der Waals surface area contributed by atoms with Gasteiger partial charge < -0.3 is 0 Å². The van der Waals surface area contributed by atoms with E-state index in [1.54, 1.807) is 0 Å². The topological polar surface area (TPSA) is 6.48 Å². The minimum absolute atomic E-state index is 1.10. The summed E-state index contributed by atoms with van der Waals surface area (Å²) in [5.74, 6) is 0. The lowest BCUT2D eigenvalue weighted by Crippen LogP contribution is -2.46. The van der Waals surface area contributed by atoms with Gasteiger partial charge >= 0.3 is 0 Å². The minimum Gasteiger partial charge on any atom is -0.300 e. The van der Waals surface area contributed by atoms with Gasteiger partial charge in [0.25, 0.3) is 0 Å². The van der Waals surface area contributed by atoms with Crippen LogP contribution in [0.2, 0.25) is 0 Å². The maximum atomic E-state index is 3.49. The number of halogens is 1. The predicted octanol–water partition coefficient (Wildman–Crippen LogP) is 1.97. The van der Waals surface area contributed by atoms with E-state index in [2.05, 4.69) is 45.7 Å². The molecule has 1 saturated heterocycles. The van der Waals surface area contributed by atoms with Crippen LogP contribution < -0.4 is 0 Å². The van der Waals surface area contributed by atoms with Crippen molar-refractivity contribution >= 4 is 15.9 Å². The Morgan fingerprint density at radius 3 is 2.21 bits per heavy atom. The summed E-state index contributed by atoms with van der Waals surface area (Å²) in [6.45, 7) is 11.5. The van der Waals surface area contributed by atoms with Crippen molar-refractivity contribution in [3.8, 4) is 0 Å². The Bertz CT molecular complexity index is 180. The summed E-state index contributed by atoms with van der Waals surface area (Å²) >= 11 is 3.49. The molecule has 1 aliphatic heterocycles.